The fourth-order valence-corrected chi connectivity index (χ4v) is 5.28. The molecule has 0 aliphatic carbocycles. The van der Waals surface area contributed by atoms with Crippen LogP contribution in [0.3, 0.4) is 0 Å². The lowest BCUT2D eigenvalue weighted by atomic mass is 10.1. The molecule has 0 radical (unpaired) electrons. The summed E-state index contributed by atoms with van der Waals surface area (Å²) in [5.74, 6) is 0.330. The lowest BCUT2D eigenvalue weighted by molar-refractivity contribution is -0.115. The first-order chi connectivity index (χ1) is 18.9. The first-order valence-corrected chi connectivity index (χ1v) is 13.7. The van der Waals surface area contributed by atoms with Crippen molar-refractivity contribution in [2.45, 2.75) is 50.1 Å². The molecule has 1 amide bonds. The number of nitrogens with zero attached hydrogens (tertiary/aromatic N) is 2. The number of amides is 1. The fraction of sp³-hybridized carbons (Fsp3) is 0.300. The molecule has 1 unspecified atom stereocenters. The molecule has 1 aromatic heterocycles. The molecule has 0 aliphatic heterocycles. The maximum Gasteiger partial charge on any atom is 0.262 e. The van der Waals surface area contributed by atoms with Crippen molar-refractivity contribution in [2.75, 3.05) is 19.5 Å². The van der Waals surface area contributed by atoms with Gasteiger partial charge in [0, 0.05) is 18.3 Å². The van der Waals surface area contributed by atoms with Crippen LogP contribution in [0.15, 0.2) is 70.6 Å². The van der Waals surface area contributed by atoms with E-state index in [1.54, 1.807) is 30.3 Å². The Labute approximate surface area is 231 Å². The lowest BCUT2D eigenvalue weighted by Crippen LogP contribution is -2.28. The van der Waals surface area contributed by atoms with Crippen LogP contribution in [0.4, 0.5) is 10.1 Å². The number of methoxy groups -OCH3 is 2. The number of hydrogen-bond acceptors (Lipinski definition) is 6. The zero-order valence-corrected chi connectivity index (χ0v) is 23.3. The van der Waals surface area contributed by atoms with E-state index in [-0.39, 0.29) is 30.2 Å². The summed E-state index contributed by atoms with van der Waals surface area (Å²) >= 11 is 1.22. The number of thioether (sulfide) groups is 1. The standard InChI is InChI=1S/C30H32FN3O4S/c1-5-19-11-13-21(14-12-19)32-28(35)27(6-2)39-30-33-24-18-26(38-4)25(37-3)17-22(24)29(36)34(30)16-15-20-9-7-8-10-23(20)31/h7-14,17-18,27H,5-6,15-16H2,1-4H3,(H,32,35). The van der Waals surface area contributed by atoms with Crippen LogP contribution in [0.1, 0.15) is 31.4 Å². The van der Waals surface area contributed by atoms with Gasteiger partial charge in [-0.1, -0.05) is 55.9 Å². The number of aromatic nitrogens is 2. The molecule has 0 spiro atoms. The molecule has 9 heteroatoms. The van der Waals surface area contributed by atoms with Gasteiger partial charge in [-0.25, -0.2) is 9.37 Å². The number of fused-ring (bicyclic) bond motifs is 1. The minimum Gasteiger partial charge on any atom is -0.493 e. The molecular formula is C30H32FN3O4S. The smallest absolute Gasteiger partial charge is 0.262 e. The van der Waals surface area contributed by atoms with Gasteiger partial charge in [-0.2, -0.15) is 0 Å². The number of rotatable bonds is 11. The van der Waals surface area contributed by atoms with Gasteiger partial charge in [0.2, 0.25) is 5.91 Å². The van der Waals surface area contributed by atoms with Crippen LogP contribution in [0.25, 0.3) is 10.9 Å². The highest BCUT2D eigenvalue weighted by atomic mass is 32.2. The van der Waals surface area contributed by atoms with Gasteiger partial charge in [-0.05, 0) is 54.7 Å². The molecular weight excluding hydrogens is 517 g/mol. The minimum atomic E-state index is -0.514. The number of anilines is 1. The molecule has 0 bridgehead atoms. The average molecular weight is 550 g/mol. The molecule has 1 atom stereocenters. The zero-order valence-electron chi connectivity index (χ0n) is 22.5. The van der Waals surface area contributed by atoms with E-state index in [1.165, 1.54) is 42.2 Å². The highest BCUT2D eigenvalue weighted by molar-refractivity contribution is 8.00. The average Bonchev–Trinajstić information content (AvgIpc) is 2.96. The zero-order chi connectivity index (χ0) is 27.9. The molecule has 0 saturated heterocycles. The number of carbonyl (C=O) groups excluding carboxylic acids is 1. The number of aryl methyl sites for hydroxylation is 2. The van der Waals surface area contributed by atoms with E-state index >= 15 is 0 Å². The molecule has 7 nitrogen and oxygen atoms in total. The highest BCUT2D eigenvalue weighted by Gasteiger charge is 2.23. The molecule has 0 fully saturated rings. The second-order valence-corrected chi connectivity index (χ2v) is 10.1. The van der Waals surface area contributed by atoms with Gasteiger partial charge in [-0.3, -0.25) is 14.2 Å². The molecule has 1 heterocycles. The summed E-state index contributed by atoms with van der Waals surface area (Å²) in [6.07, 6.45) is 1.71. The normalized spacial score (nSPS) is 11.8. The number of carbonyl (C=O) groups is 1. The quantitative estimate of drug-likeness (QED) is 0.186. The Morgan fingerprint density at radius 1 is 1.05 bits per heavy atom. The third-order valence-corrected chi connectivity index (χ3v) is 7.88. The first-order valence-electron chi connectivity index (χ1n) is 12.8. The van der Waals surface area contributed by atoms with Crippen LogP contribution in [0.2, 0.25) is 0 Å². The van der Waals surface area contributed by atoms with Crippen molar-refractivity contribution in [3.63, 3.8) is 0 Å². The van der Waals surface area contributed by atoms with E-state index in [0.717, 1.165) is 6.42 Å². The van der Waals surface area contributed by atoms with E-state index in [0.29, 0.717) is 45.2 Å². The maximum absolute atomic E-state index is 14.4. The van der Waals surface area contributed by atoms with Crippen LogP contribution >= 0.6 is 11.8 Å². The molecule has 0 aliphatic rings. The summed E-state index contributed by atoms with van der Waals surface area (Å²) in [6.45, 7) is 4.18. The van der Waals surface area contributed by atoms with Crippen molar-refractivity contribution < 1.29 is 18.7 Å². The van der Waals surface area contributed by atoms with Crippen LogP contribution in [-0.2, 0) is 24.2 Å². The third-order valence-electron chi connectivity index (χ3n) is 6.53. The predicted molar refractivity (Wildman–Crippen MR) is 154 cm³/mol. The largest absolute Gasteiger partial charge is 0.493 e. The highest BCUT2D eigenvalue weighted by Crippen LogP contribution is 2.32. The summed E-state index contributed by atoms with van der Waals surface area (Å²) < 4.78 is 26.7. The van der Waals surface area contributed by atoms with Crippen molar-refractivity contribution in [1.29, 1.82) is 0 Å². The number of ether oxygens (including phenoxy) is 2. The van der Waals surface area contributed by atoms with Gasteiger partial charge >= 0.3 is 0 Å². The second-order valence-electron chi connectivity index (χ2n) is 8.97. The van der Waals surface area contributed by atoms with E-state index < -0.39 is 5.25 Å². The fourth-order valence-electron chi connectivity index (χ4n) is 4.24. The number of hydrogen-bond donors (Lipinski definition) is 1. The van der Waals surface area contributed by atoms with Gasteiger partial charge in [-0.15, -0.1) is 0 Å². The molecule has 204 valence electrons. The number of benzene rings is 3. The van der Waals surface area contributed by atoms with Crippen LogP contribution in [0.5, 0.6) is 11.5 Å². The van der Waals surface area contributed by atoms with Crippen molar-refractivity contribution >= 4 is 34.3 Å². The Morgan fingerprint density at radius 2 is 1.74 bits per heavy atom. The van der Waals surface area contributed by atoms with Crippen molar-refractivity contribution in [3.05, 3.63) is 88.0 Å². The Hall–Kier alpha value is -3.85. The topological polar surface area (TPSA) is 82.5 Å². The second kappa shape index (κ2) is 12.8. The van der Waals surface area contributed by atoms with E-state index in [1.807, 2.05) is 31.2 Å². The summed E-state index contributed by atoms with van der Waals surface area (Å²) in [5, 5.41) is 3.18. The molecule has 4 rings (SSSR count). The third kappa shape index (κ3) is 6.42. The van der Waals surface area contributed by atoms with Gasteiger partial charge in [0.05, 0.1) is 30.4 Å². The lowest BCUT2D eigenvalue weighted by Gasteiger charge is -2.19. The van der Waals surface area contributed by atoms with Gasteiger partial charge in [0.25, 0.3) is 5.56 Å². The van der Waals surface area contributed by atoms with Crippen LogP contribution in [0, 0.1) is 5.82 Å². The molecule has 39 heavy (non-hydrogen) atoms. The molecule has 1 N–H and O–H groups in total. The molecule has 0 saturated carbocycles. The van der Waals surface area contributed by atoms with Crippen molar-refractivity contribution in [3.8, 4) is 11.5 Å². The minimum absolute atomic E-state index is 0.186. The van der Waals surface area contributed by atoms with Crippen LogP contribution in [-0.4, -0.2) is 34.9 Å². The van der Waals surface area contributed by atoms with Gasteiger partial charge in [0.1, 0.15) is 5.82 Å². The molecule has 3 aromatic carbocycles. The predicted octanol–water partition coefficient (Wildman–Crippen LogP) is 5.87. The summed E-state index contributed by atoms with van der Waals surface area (Å²) in [6, 6.07) is 17.5. The SMILES string of the molecule is CCc1ccc(NC(=O)C(CC)Sc2nc3cc(OC)c(OC)cc3c(=O)n2CCc2ccccc2F)cc1. The maximum atomic E-state index is 14.4. The van der Waals surface area contributed by atoms with Gasteiger partial charge in [0.15, 0.2) is 16.7 Å². The molecule has 4 aromatic rings. The Bertz CT molecular complexity index is 1520. The number of nitrogens with one attached hydrogen (secondary N) is 1. The van der Waals surface area contributed by atoms with E-state index in [2.05, 4.69) is 12.2 Å². The Balaban J connectivity index is 1.71. The van der Waals surface area contributed by atoms with E-state index in [9.17, 15) is 14.0 Å². The first kappa shape index (κ1) is 28.2. The number of halogens is 1. The van der Waals surface area contributed by atoms with Crippen molar-refractivity contribution in [1.82, 2.24) is 9.55 Å². The monoisotopic (exact) mass is 549 g/mol. The van der Waals surface area contributed by atoms with Gasteiger partial charge < -0.3 is 14.8 Å². The van der Waals surface area contributed by atoms with Crippen LogP contribution < -0.4 is 20.3 Å². The summed E-state index contributed by atoms with van der Waals surface area (Å²) in [4.78, 5) is 31.7. The summed E-state index contributed by atoms with van der Waals surface area (Å²) in [5.41, 5.74) is 2.50. The Kier molecular flexibility index (Phi) is 9.24. The van der Waals surface area contributed by atoms with E-state index in [4.69, 9.17) is 14.5 Å². The Morgan fingerprint density at radius 3 is 2.38 bits per heavy atom. The van der Waals surface area contributed by atoms with Crippen molar-refractivity contribution in [2.24, 2.45) is 0 Å². The summed E-state index contributed by atoms with van der Waals surface area (Å²) in [7, 11) is 3.01.